The Labute approximate surface area is 209 Å². The molecule has 0 unspecified atom stereocenters. The third-order valence-corrected chi connectivity index (χ3v) is 7.28. The lowest BCUT2D eigenvalue weighted by Crippen LogP contribution is -2.56. The first-order valence-electron chi connectivity index (χ1n) is 12.4. The van der Waals surface area contributed by atoms with Gasteiger partial charge in [0.15, 0.2) is 11.6 Å². The van der Waals surface area contributed by atoms with Gasteiger partial charge in [-0.3, -0.25) is 4.79 Å². The zero-order chi connectivity index (χ0) is 24.7. The number of phenols is 1. The van der Waals surface area contributed by atoms with E-state index in [4.69, 9.17) is 14.0 Å². The first-order valence-corrected chi connectivity index (χ1v) is 12.4. The minimum Gasteiger partial charge on any atom is -0.507 e. The molecule has 2 aliphatic heterocycles. The van der Waals surface area contributed by atoms with Crippen LogP contribution in [-0.2, 0) is 9.53 Å². The number of anilines is 2. The minimum atomic E-state index is -0.166. The van der Waals surface area contributed by atoms with Crippen LogP contribution in [0.15, 0.2) is 47.0 Å². The van der Waals surface area contributed by atoms with Gasteiger partial charge >= 0.3 is 0 Å². The third kappa shape index (κ3) is 4.29. The third-order valence-electron chi connectivity index (χ3n) is 7.28. The highest BCUT2D eigenvalue weighted by Crippen LogP contribution is 2.49. The number of carbonyl (C=O) groups is 1. The first kappa shape index (κ1) is 22.9. The number of para-hydroxylation sites is 1. The molecule has 1 saturated carbocycles. The predicted octanol–water partition coefficient (Wildman–Crippen LogP) is 3.64. The molecule has 2 saturated heterocycles. The van der Waals surface area contributed by atoms with E-state index in [1.54, 1.807) is 0 Å². The van der Waals surface area contributed by atoms with Gasteiger partial charge in [0.1, 0.15) is 17.6 Å². The van der Waals surface area contributed by atoms with Gasteiger partial charge in [0.05, 0.1) is 24.5 Å². The number of nitrogens with zero attached hydrogens (tertiary/aromatic N) is 2. The molecule has 9 heteroatoms. The van der Waals surface area contributed by atoms with Crippen LogP contribution >= 0.6 is 0 Å². The fourth-order valence-corrected chi connectivity index (χ4v) is 5.29. The average Bonchev–Trinajstić information content (AvgIpc) is 3.31. The van der Waals surface area contributed by atoms with E-state index < -0.39 is 0 Å². The van der Waals surface area contributed by atoms with Gasteiger partial charge in [0, 0.05) is 50.1 Å². The summed E-state index contributed by atoms with van der Waals surface area (Å²) in [7, 11) is 0. The van der Waals surface area contributed by atoms with Crippen LogP contribution in [0.25, 0.3) is 22.5 Å². The molecule has 0 radical (unpaired) electrons. The molecule has 2 aromatic carbocycles. The van der Waals surface area contributed by atoms with E-state index in [2.05, 4.69) is 20.7 Å². The lowest BCUT2D eigenvalue weighted by molar-refractivity contribution is -0.191. The average molecular weight is 491 g/mol. The molecule has 188 valence electrons. The normalized spacial score (nSPS) is 19.0. The molecule has 3 aromatic rings. The summed E-state index contributed by atoms with van der Waals surface area (Å²) in [5.74, 6) is 1.81. The first-order chi connectivity index (χ1) is 17.5. The molecule has 1 spiro atoms. The quantitative estimate of drug-likeness (QED) is 0.481. The number of hydrogen-bond acceptors (Lipinski definition) is 8. The topological polar surface area (TPSA) is 109 Å². The predicted molar refractivity (Wildman–Crippen MR) is 135 cm³/mol. The molecule has 3 N–H and O–H groups in total. The van der Waals surface area contributed by atoms with E-state index in [1.807, 2.05) is 42.5 Å². The van der Waals surface area contributed by atoms with Crippen molar-refractivity contribution in [1.29, 1.82) is 0 Å². The summed E-state index contributed by atoms with van der Waals surface area (Å²) in [6, 6.07) is 13.0. The maximum Gasteiger partial charge on any atom is 0.221 e. The molecular weight excluding hydrogens is 460 g/mol. The second kappa shape index (κ2) is 9.15. The fraction of sp³-hybridized carbons (Fsp3) is 0.407. The molecule has 1 aromatic heterocycles. The van der Waals surface area contributed by atoms with Crippen molar-refractivity contribution in [2.75, 3.05) is 49.6 Å². The van der Waals surface area contributed by atoms with Crippen molar-refractivity contribution in [3.8, 4) is 33.9 Å². The lowest BCUT2D eigenvalue weighted by atomic mass is 9.65. The van der Waals surface area contributed by atoms with Gasteiger partial charge < -0.3 is 34.6 Å². The molecule has 3 fully saturated rings. The molecule has 9 nitrogen and oxygen atoms in total. The van der Waals surface area contributed by atoms with Crippen LogP contribution in [0.2, 0.25) is 0 Å². The number of rotatable bonds is 6. The molecule has 1 aliphatic carbocycles. The van der Waals surface area contributed by atoms with Crippen molar-refractivity contribution in [3.63, 3.8) is 0 Å². The van der Waals surface area contributed by atoms with Gasteiger partial charge in [0.2, 0.25) is 5.91 Å². The Hall–Kier alpha value is -3.56. The van der Waals surface area contributed by atoms with Crippen LogP contribution in [-0.4, -0.2) is 61.7 Å². The summed E-state index contributed by atoms with van der Waals surface area (Å²) in [4.78, 5) is 13.9. The van der Waals surface area contributed by atoms with Crippen LogP contribution < -0.4 is 20.3 Å². The molecular formula is C27H30N4O5. The highest BCUT2D eigenvalue weighted by atomic mass is 16.5. The standard InChI is InChI=1S/C27H30N4O5/c1-17(32)29-22-6-5-18(11-24(22)35-19-13-27(14-19)15-34-16-27)20-3-2-4-21(26(20)33)23-12-25(30-36-23)31-9-7-28-8-10-31/h2-6,11-12,19,28,33H,7-10,13-16H2,1H3,(H,29,32). The Morgan fingerprint density at radius 3 is 2.67 bits per heavy atom. The number of hydrogen-bond donors (Lipinski definition) is 3. The van der Waals surface area contributed by atoms with Gasteiger partial charge in [-0.15, -0.1) is 0 Å². The number of amides is 1. The van der Waals surface area contributed by atoms with Crippen molar-refractivity contribution in [2.24, 2.45) is 5.41 Å². The summed E-state index contributed by atoms with van der Waals surface area (Å²) in [5.41, 5.74) is 2.87. The van der Waals surface area contributed by atoms with Crippen molar-refractivity contribution in [1.82, 2.24) is 10.5 Å². The van der Waals surface area contributed by atoms with Crippen molar-refractivity contribution < 1.29 is 23.9 Å². The minimum absolute atomic E-state index is 0.0780. The van der Waals surface area contributed by atoms with Crippen LogP contribution in [0.4, 0.5) is 11.5 Å². The van der Waals surface area contributed by atoms with Crippen molar-refractivity contribution in [3.05, 3.63) is 42.5 Å². The molecule has 36 heavy (non-hydrogen) atoms. The largest absolute Gasteiger partial charge is 0.507 e. The number of phenolic OH excluding ortho intramolecular Hbond substituents is 1. The molecule has 0 atom stereocenters. The van der Waals surface area contributed by atoms with E-state index in [1.165, 1.54) is 6.92 Å². The van der Waals surface area contributed by atoms with Crippen molar-refractivity contribution in [2.45, 2.75) is 25.9 Å². The maximum absolute atomic E-state index is 11.8. The number of aromatic hydroxyl groups is 1. The molecule has 3 aliphatic rings. The second-order valence-corrected chi connectivity index (χ2v) is 10.0. The van der Waals surface area contributed by atoms with Crippen molar-refractivity contribution >= 4 is 17.4 Å². The summed E-state index contributed by atoms with van der Waals surface area (Å²) in [6.45, 7) is 6.58. The Kier molecular flexibility index (Phi) is 5.81. The van der Waals surface area contributed by atoms with Crippen LogP contribution in [0.1, 0.15) is 19.8 Å². The summed E-state index contributed by atoms with van der Waals surface area (Å²) in [5, 5.41) is 21.6. The molecule has 6 rings (SSSR count). The number of benzene rings is 2. The fourth-order valence-electron chi connectivity index (χ4n) is 5.29. The molecule has 0 bridgehead atoms. The number of nitrogens with one attached hydrogen (secondary N) is 2. The SMILES string of the molecule is CC(=O)Nc1ccc(-c2cccc(-c3cc(N4CCNCC4)no3)c2O)cc1OC1CC2(COC2)C1. The highest BCUT2D eigenvalue weighted by molar-refractivity contribution is 5.91. The lowest BCUT2D eigenvalue weighted by Gasteiger charge is -2.52. The van der Waals surface area contributed by atoms with Gasteiger partial charge in [-0.05, 0) is 36.6 Å². The van der Waals surface area contributed by atoms with Gasteiger partial charge in [-0.2, -0.15) is 0 Å². The van der Waals surface area contributed by atoms with E-state index in [9.17, 15) is 9.90 Å². The Bertz CT molecular complexity index is 1270. The van der Waals surface area contributed by atoms with E-state index in [0.29, 0.717) is 28.3 Å². The van der Waals surface area contributed by atoms with E-state index >= 15 is 0 Å². The Morgan fingerprint density at radius 1 is 1.17 bits per heavy atom. The van der Waals surface area contributed by atoms with E-state index in [-0.39, 0.29) is 23.2 Å². The van der Waals surface area contributed by atoms with Gasteiger partial charge in [-0.1, -0.05) is 23.4 Å². The Morgan fingerprint density at radius 2 is 1.94 bits per heavy atom. The van der Waals surface area contributed by atoms with Crippen LogP contribution in [0.3, 0.4) is 0 Å². The number of ether oxygens (including phenoxy) is 2. The Balaban J connectivity index is 1.28. The number of aromatic nitrogens is 1. The van der Waals surface area contributed by atoms with Crippen LogP contribution in [0, 0.1) is 5.41 Å². The summed E-state index contributed by atoms with van der Waals surface area (Å²) >= 11 is 0. The monoisotopic (exact) mass is 490 g/mol. The summed E-state index contributed by atoms with van der Waals surface area (Å²) < 4.78 is 17.3. The maximum atomic E-state index is 11.8. The van der Waals surface area contributed by atoms with Gasteiger partial charge in [0.25, 0.3) is 0 Å². The summed E-state index contributed by atoms with van der Waals surface area (Å²) in [6.07, 6.45) is 1.96. The van der Waals surface area contributed by atoms with Gasteiger partial charge in [-0.25, -0.2) is 0 Å². The smallest absolute Gasteiger partial charge is 0.221 e. The number of piperazine rings is 1. The zero-order valence-electron chi connectivity index (χ0n) is 20.3. The van der Waals surface area contributed by atoms with Crippen LogP contribution in [0.5, 0.6) is 11.5 Å². The van der Waals surface area contributed by atoms with E-state index in [0.717, 1.165) is 63.6 Å². The molecule has 3 heterocycles. The number of carbonyl (C=O) groups excluding carboxylic acids is 1. The molecule has 1 amide bonds. The zero-order valence-corrected chi connectivity index (χ0v) is 20.3. The highest BCUT2D eigenvalue weighted by Gasteiger charge is 2.51. The second-order valence-electron chi connectivity index (χ2n) is 10.0.